The summed E-state index contributed by atoms with van der Waals surface area (Å²) in [6.45, 7) is 3.34. The summed E-state index contributed by atoms with van der Waals surface area (Å²) < 4.78 is 1.63. The largest absolute Gasteiger partial charge is 0.353 e. The highest BCUT2D eigenvalue weighted by atomic mass is 35.5. The van der Waals surface area contributed by atoms with Crippen molar-refractivity contribution in [3.8, 4) is 0 Å². The third kappa shape index (κ3) is 2.31. The highest BCUT2D eigenvalue weighted by Gasteiger charge is 2.21. The quantitative estimate of drug-likeness (QED) is 0.695. The van der Waals surface area contributed by atoms with Crippen molar-refractivity contribution in [2.75, 3.05) is 36.0 Å². The van der Waals surface area contributed by atoms with E-state index in [9.17, 15) is 0 Å². The van der Waals surface area contributed by atoms with E-state index in [0.29, 0.717) is 10.7 Å². The van der Waals surface area contributed by atoms with E-state index < -0.39 is 0 Å². The second kappa shape index (κ2) is 5.38. The van der Waals surface area contributed by atoms with E-state index in [1.807, 2.05) is 6.07 Å². The minimum Gasteiger partial charge on any atom is -0.353 e. The van der Waals surface area contributed by atoms with Crippen molar-refractivity contribution < 1.29 is 0 Å². The molecule has 4 rings (SSSR count). The summed E-state index contributed by atoms with van der Waals surface area (Å²) >= 11 is 6.03. The third-order valence-electron chi connectivity index (χ3n) is 3.71. The summed E-state index contributed by atoms with van der Waals surface area (Å²) in [7, 11) is 0. The predicted octanol–water partition coefficient (Wildman–Crippen LogP) is 0.894. The van der Waals surface area contributed by atoms with Crippen LogP contribution in [0.3, 0.4) is 0 Å². The van der Waals surface area contributed by atoms with Gasteiger partial charge in [0, 0.05) is 43.6 Å². The van der Waals surface area contributed by atoms with Crippen LogP contribution >= 0.6 is 11.6 Å². The average molecular weight is 317 g/mol. The van der Waals surface area contributed by atoms with Gasteiger partial charge in [-0.25, -0.2) is 9.97 Å². The van der Waals surface area contributed by atoms with Crippen LogP contribution in [0.4, 0.5) is 11.6 Å². The van der Waals surface area contributed by atoms with Gasteiger partial charge in [-0.3, -0.25) is 0 Å². The summed E-state index contributed by atoms with van der Waals surface area (Å²) in [4.78, 5) is 13.2. The molecule has 8 nitrogen and oxygen atoms in total. The van der Waals surface area contributed by atoms with E-state index in [2.05, 4.69) is 35.3 Å². The molecule has 1 aliphatic rings. The van der Waals surface area contributed by atoms with Crippen molar-refractivity contribution in [2.45, 2.75) is 0 Å². The standard InChI is InChI=1S/C13H13ClN8/c14-10-1-2-15-11(9-10)20-5-7-21(8-6-20)12-13-17-18-19-22(13)4-3-16-12/h1-4,9H,5-8H2. The first-order valence-electron chi connectivity index (χ1n) is 6.95. The van der Waals surface area contributed by atoms with Gasteiger partial charge in [-0.05, 0) is 22.6 Å². The van der Waals surface area contributed by atoms with Crippen molar-refractivity contribution in [1.82, 2.24) is 30.0 Å². The van der Waals surface area contributed by atoms with E-state index in [0.717, 1.165) is 37.8 Å². The van der Waals surface area contributed by atoms with Gasteiger partial charge in [0.1, 0.15) is 5.82 Å². The zero-order valence-electron chi connectivity index (χ0n) is 11.7. The lowest BCUT2D eigenvalue weighted by Crippen LogP contribution is -2.47. The van der Waals surface area contributed by atoms with Crippen molar-refractivity contribution in [3.63, 3.8) is 0 Å². The molecule has 22 heavy (non-hydrogen) atoms. The molecule has 9 heteroatoms. The number of rotatable bonds is 2. The fourth-order valence-electron chi connectivity index (χ4n) is 2.60. The molecule has 1 fully saturated rings. The first kappa shape index (κ1) is 13.2. The van der Waals surface area contributed by atoms with Gasteiger partial charge in [0.15, 0.2) is 5.82 Å². The number of tetrazole rings is 1. The second-order valence-electron chi connectivity index (χ2n) is 5.00. The summed E-state index contributed by atoms with van der Waals surface area (Å²) in [6, 6.07) is 3.67. The van der Waals surface area contributed by atoms with Crippen molar-refractivity contribution >= 4 is 28.9 Å². The Morgan fingerprint density at radius 2 is 1.82 bits per heavy atom. The van der Waals surface area contributed by atoms with Crippen LogP contribution in [-0.4, -0.2) is 56.2 Å². The highest BCUT2D eigenvalue weighted by Crippen LogP contribution is 2.21. The van der Waals surface area contributed by atoms with Crippen LogP contribution in [0.15, 0.2) is 30.7 Å². The SMILES string of the molecule is Clc1ccnc(N2CCN(c3nccn4nnnc34)CC2)c1. The molecular formula is C13H13ClN8. The van der Waals surface area contributed by atoms with Gasteiger partial charge < -0.3 is 9.80 Å². The lowest BCUT2D eigenvalue weighted by molar-refractivity contribution is 0.641. The van der Waals surface area contributed by atoms with Gasteiger partial charge >= 0.3 is 0 Å². The second-order valence-corrected chi connectivity index (χ2v) is 5.44. The molecule has 0 unspecified atom stereocenters. The van der Waals surface area contributed by atoms with E-state index in [-0.39, 0.29) is 0 Å². The van der Waals surface area contributed by atoms with E-state index in [1.165, 1.54) is 0 Å². The molecule has 0 aliphatic carbocycles. The Bertz CT molecular complexity index is 795. The number of hydrogen-bond acceptors (Lipinski definition) is 7. The molecule has 0 aromatic carbocycles. The predicted molar refractivity (Wildman–Crippen MR) is 82.3 cm³/mol. The number of piperazine rings is 1. The van der Waals surface area contributed by atoms with Gasteiger partial charge in [-0.1, -0.05) is 11.6 Å². The van der Waals surface area contributed by atoms with Crippen molar-refractivity contribution in [3.05, 3.63) is 35.7 Å². The average Bonchev–Trinajstić information content (AvgIpc) is 3.04. The first-order chi connectivity index (χ1) is 10.8. The molecule has 0 saturated carbocycles. The van der Waals surface area contributed by atoms with Crippen LogP contribution in [0.1, 0.15) is 0 Å². The van der Waals surface area contributed by atoms with E-state index >= 15 is 0 Å². The van der Waals surface area contributed by atoms with Gasteiger partial charge in [-0.15, -0.1) is 5.10 Å². The fraction of sp³-hybridized carbons (Fsp3) is 0.308. The van der Waals surface area contributed by atoms with Gasteiger partial charge in [0.25, 0.3) is 0 Å². The van der Waals surface area contributed by atoms with Gasteiger partial charge in [0.2, 0.25) is 5.65 Å². The zero-order chi connectivity index (χ0) is 14.9. The number of nitrogens with zero attached hydrogens (tertiary/aromatic N) is 8. The summed E-state index contributed by atoms with van der Waals surface area (Å²) in [5.74, 6) is 1.72. The molecule has 0 radical (unpaired) electrons. The normalized spacial score (nSPS) is 15.5. The van der Waals surface area contributed by atoms with E-state index in [4.69, 9.17) is 11.6 Å². The number of pyridine rings is 1. The topological polar surface area (TPSA) is 75.3 Å². The summed E-state index contributed by atoms with van der Waals surface area (Å²) in [6.07, 6.45) is 5.18. The van der Waals surface area contributed by atoms with Gasteiger partial charge in [-0.2, -0.15) is 4.52 Å². The number of anilines is 2. The number of aromatic nitrogens is 6. The van der Waals surface area contributed by atoms with Crippen LogP contribution in [-0.2, 0) is 0 Å². The molecule has 0 atom stereocenters. The zero-order valence-corrected chi connectivity index (χ0v) is 12.4. The number of halogens is 1. The van der Waals surface area contributed by atoms with Crippen LogP contribution in [0.25, 0.3) is 5.65 Å². The first-order valence-corrected chi connectivity index (χ1v) is 7.33. The monoisotopic (exact) mass is 316 g/mol. The Labute approximate surface area is 131 Å². The van der Waals surface area contributed by atoms with Crippen molar-refractivity contribution in [2.24, 2.45) is 0 Å². The number of hydrogen-bond donors (Lipinski definition) is 0. The Balaban J connectivity index is 1.53. The Kier molecular flexibility index (Phi) is 3.23. The molecule has 0 bridgehead atoms. The van der Waals surface area contributed by atoms with Crippen molar-refractivity contribution in [1.29, 1.82) is 0 Å². The highest BCUT2D eigenvalue weighted by molar-refractivity contribution is 6.30. The van der Waals surface area contributed by atoms with Crippen LogP contribution in [0, 0.1) is 0 Å². The Hall–Kier alpha value is -2.48. The molecule has 0 spiro atoms. The molecule has 1 aliphatic heterocycles. The Morgan fingerprint density at radius 3 is 2.64 bits per heavy atom. The Morgan fingerprint density at radius 1 is 1.00 bits per heavy atom. The maximum Gasteiger partial charge on any atom is 0.221 e. The molecule has 1 saturated heterocycles. The maximum absolute atomic E-state index is 6.03. The number of fused-ring (bicyclic) bond motifs is 1. The lowest BCUT2D eigenvalue weighted by Gasteiger charge is -2.35. The third-order valence-corrected chi connectivity index (χ3v) is 3.94. The fourth-order valence-corrected chi connectivity index (χ4v) is 2.76. The molecule has 3 aromatic heterocycles. The van der Waals surface area contributed by atoms with Crippen LogP contribution in [0.5, 0.6) is 0 Å². The molecule has 0 N–H and O–H groups in total. The van der Waals surface area contributed by atoms with Gasteiger partial charge in [0.05, 0.1) is 6.20 Å². The lowest BCUT2D eigenvalue weighted by atomic mass is 10.3. The minimum atomic E-state index is 0.678. The summed E-state index contributed by atoms with van der Waals surface area (Å²) in [5, 5.41) is 12.3. The smallest absolute Gasteiger partial charge is 0.221 e. The molecule has 0 amide bonds. The molecule has 112 valence electrons. The van der Waals surface area contributed by atoms with Crippen LogP contribution < -0.4 is 9.80 Å². The molecule has 4 heterocycles. The maximum atomic E-state index is 6.03. The van der Waals surface area contributed by atoms with E-state index in [1.54, 1.807) is 29.2 Å². The summed E-state index contributed by atoms with van der Waals surface area (Å²) in [5.41, 5.74) is 0.678. The molecular weight excluding hydrogens is 304 g/mol. The van der Waals surface area contributed by atoms with Crippen LogP contribution in [0.2, 0.25) is 5.02 Å². The minimum absolute atomic E-state index is 0.678. The molecule has 3 aromatic rings.